The number of thiazole rings is 1. The van der Waals surface area contributed by atoms with E-state index in [2.05, 4.69) is 9.98 Å². The molecule has 2 aromatic rings. The molecule has 6 heteroatoms. The third-order valence-corrected chi connectivity index (χ3v) is 2.84. The predicted molar refractivity (Wildman–Crippen MR) is 68.0 cm³/mol. The van der Waals surface area contributed by atoms with Crippen molar-refractivity contribution in [2.75, 3.05) is 0 Å². The van der Waals surface area contributed by atoms with Crippen LogP contribution in [0, 0.1) is 0 Å². The summed E-state index contributed by atoms with van der Waals surface area (Å²) in [7, 11) is 0. The number of hydrogen-bond acceptors (Lipinski definition) is 3. The van der Waals surface area contributed by atoms with E-state index in [-0.39, 0.29) is 5.96 Å². The van der Waals surface area contributed by atoms with Crippen molar-refractivity contribution in [3.05, 3.63) is 34.7 Å². The summed E-state index contributed by atoms with van der Waals surface area (Å²) < 4.78 is 0. The van der Waals surface area contributed by atoms with Crippen molar-refractivity contribution in [1.29, 1.82) is 0 Å². The monoisotopic (exact) mass is 252 g/mol. The first kappa shape index (κ1) is 10.9. The van der Waals surface area contributed by atoms with Gasteiger partial charge in [0, 0.05) is 16.0 Å². The maximum atomic E-state index is 5.80. The first-order valence-electron chi connectivity index (χ1n) is 4.46. The molecule has 1 aromatic carbocycles. The van der Waals surface area contributed by atoms with E-state index < -0.39 is 0 Å². The molecule has 4 nitrogen and oxygen atoms in total. The zero-order chi connectivity index (χ0) is 11.5. The normalized spacial score (nSPS) is 10.1. The summed E-state index contributed by atoms with van der Waals surface area (Å²) in [4.78, 5) is 8.15. The summed E-state index contributed by atoms with van der Waals surface area (Å²) in [6.07, 6.45) is 0. The number of aliphatic imine (C=N–C) groups is 1. The molecule has 0 fully saturated rings. The summed E-state index contributed by atoms with van der Waals surface area (Å²) in [5.74, 6) is 0.0111. The number of hydrogen-bond donors (Lipinski definition) is 2. The van der Waals surface area contributed by atoms with Gasteiger partial charge in [-0.3, -0.25) is 0 Å². The number of benzene rings is 1. The number of nitrogens with zero attached hydrogens (tertiary/aromatic N) is 2. The van der Waals surface area contributed by atoms with E-state index >= 15 is 0 Å². The van der Waals surface area contributed by atoms with Crippen molar-refractivity contribution in [2.24, 2.45) is 16.5 Å². The molecule has 0 unspecified atom stereocenters. The van der Waals surface area contributed by atoms with Crippen LogP contribution in [-0.2, 0) is 0 Å². The van der Waals surface area contributed by atoms with Gasteiger partial charge in [-0.2, -0.15) is 4.99 Å². The number of aromatic nitrogens is 1. The number of nitrogens with two attached hydrogens (primary N) is 2. The van der Waals surface area contributed by atoms with Crippen LogP contribution < -0.4 is 11.5 Å². The maximum Gasteiger partial charge on any atom is 0.212 e. The van der Waals surface area contributed by atoms with E-state index in [9.17, 15) is 0 Å². The van der Waals surface area contributed by atoms with E-state index in [0.29, 0.717) is 10.2 Å². The van der Waals surface area contributed by atoms with Crippen molar-refractivity contribution >= 4 is 34.0 Å². The van der Waals surface area contributed by atoms with Crippen LogP contribution in [0.25, 0.3) is 11.3 Å². The molecule has 0 aliphatic heterocycles. The molecule has 0 radical (unpaired) electrons. The fourth-order valence-corrected chi connectivity index (χ4v) is 2.02. The lowest BCUT2D eigenvalue weighted by Crippen LogP contribution is -2.21. The number of rotatable bonds is 2. The Kier molecular flexibility index (Phi) is 3.07. The second-order valence-electron chi connectivity index (χ2n) is 3.06. The number of guanidine groups is 1. The van der Waals surface area contributed by atoms with Gasteiger partial charge < -0.3 is 11.5 Å². The van der Waals surface area contributed by atoms with Gasteiger partial charge in [0.15, 0.2) is 5.96 Å². The highest BCUT2D eigenvalue weighted by Gasteiger charge is 2.03. The van der Waals surface area contributed by atoms with Crippen molar-refractivity contribution in [3.63, 3.8) is 0 Å². The Hall–Kier alpha value is -1.59. The standard InChI is InChI=1S/C10H9ClN4S/c11-7-3-1-6(2-4-7)8-5-16-10(14-8)15-9(12)13/h1-5H,(H4,12,13,14,15). The quantitative estimate of drug-likeness (QED) is 0.636. The Labute approximate surface area is 102 Å². The Balaban J connectivity index is 2.31. The molecule has 82 valence electrons. The van der Waals surface area contributed by atoms with Crippen LogP contribution in [0.15, 0.2) is 34.6 Å². The molecule has 2 rings (SSSR count). The van der Waals surface area contributed by atoms with E-state index in [0.717, 1.165) is 11.3 Å². The molecule has 0 saturated heterocycles. The van der Waals surface area contributed by atoms with Crippen LogP contribution in [0.1, 0.15) is 0 Å². The lowest BCUT2D eigenvalue weighted by molar-refractivity contribution is 1.33. The molecule has 0 bridgehead atoms. The SMILES string of the molecule is NC(N)=Nc1nc(-c2ccc(Cl)cc2)cs1. The molecule has 1 heterocycles. The van der Waals surface area contributed by atoms with Gasteiger partial charge in [-0.05, 0) is 12.1 Å². The van der Waals surface area contributed by atoms with Gasteiger partial charge in [0.25, 0.3) is 0 Å². The highest BCUT2D eigenvalue weighted by Crippen LogP contribution is 2.27. The average molecular weight is 253 g/mol. The Morgan fingerprint density at radius 2 is 1.94 bits per heavy atom. The minimum atomic E-state index is 0.0111. The lowest BCUT2D eigenvalue weighted by Gasteiger charge is -1.95. The van der Waals surface area contributed by atoms with Crippen molar-refractivity contribution < 1.29 is 0 Å². The minimum Gasteiger partial charge on any atom is -0.370 e. The molecule has 0 saturated carbocycles. The van der Waals surface area contributed by atoms with Crippen LogP contribution in [0.5, 0.6) is 0 Å². The van der Waals surface area contributed by atoms with E-state index in [1.165, 1.54) is 11.3 Å². The summed E-state index contributed by atoms with van der Waals surface area (Å²) in [5, 5.41) is 3.14. The summed E-state index contributed by atoms with van der Waals surface area (Å²) in [6.45, 7) is 0. The Bertz CT molecular complexity index is 514. The van der Waals surface area contributed by atoms with Crippen LogP contribution in [0.2, 0.25) is 5.02 Å². The minimum absolute atomic E-state index is 0.0111. The summed E-state index contributed by atoms with van der Waals surface area (Å²) >= 11 is 7.19. The van der Waals surface area contributed by atoms with Gasteiger partial charge in [0.05, 0.1) is 5.69 Å². The molecular formula is C10H9ClN4S. The second kappa shape index (κ2) is 4.51. The van der Waals surface area contributed by atoms with Crippen LogP contribution in [0.3, 0.4) is 0 Å². The highest BCUT2D eigenvalue weighted by molar-refractivity contribution is 7.13. The molecule has 4 N–H and O–H groups in total. The largest absolute Gasteiger partial charge is 0.370 e. The van der Waals surface area contributed by atoms with Gasteiger partial charge in [-0.25, -0.2) is 4.98 Å². The molecule has 1 aromatic heterocycles. The molecule has 0 aliphatic carbocycles. The van der Waals surface area contributed by atoms with E-state index in [4.69, 9.17) is 23.1 Å². The number of halogens is 1. The third-order valence-electron chi connectivity index (χ3n) is 1.86. The fourth-order valence-electron chi connectivity index (χ4n) is 1.18. The van der Waals surface area contributed by atoms with Crippen LogP contribution in [-0.4, -0.2) is 10.9 Å². The van der Waals surface area contributed by atoms with Crippen molar-refractivity contribution in [1.82, 2.24) is 4.98 Å². The second-order valence-corrected chi connectivity index (χ2v) is 4.33. The highest BCUT2D eigenvalue weighted by atomic mass is 35.5. The summed E-state index contributed by atoms with van der Waals surface area (Å²) in [5.41, 5.74) is 12.4. The van der Waals surface area contributed by atoms with Gasteiger partial charge in [-0.1, -0.05) is 23.7 Å². The van der Waals surface area contributed by atoms with Gasteiger partial charge in [0.1, 0.15) is 0 Å². The molecule has 0 atom stereocenters. The Morgan fingerprint density at radius 1 is 1.25 bits per heavy atom. The average Bonchev–Trinajstić information content (AvgIpc) is 2.66. The topological polar surface area (TPSA) is 77.3 Å². The predicted octanol–water partition coefficient (Wildman–Crippen LogP) is 2.37. The van der Waals surface area contributed by atoms with E-state index in [1.54, 1.807) is 0 Å². The van der Waals surface area contributed by atoms with E-state index in [1.807, 2.05) is 29.6 Å². The summed E-state index contributed by atoms with van der Waals surface area (Å²) in [6, 6.07) is 7.43. The molecule has 16 heavy (non-hydrogen) atoms. The first-order chi connectivity index (χ1) is 7.65. The zero-order valence-electron chi connectivity index (χ0n) is 8.22. The zero-order valence-corrected chi connectivity index (χ0v) is 9.79. The van der Waals surface area contributed by atoms with Crippen molar-refractivity contribution in [3.8, 4) is 11.3 Å². The molecule has 0 aliphatic rings. The molecule has 0 amide bonds. The van der Waals surface area contributed by atoms with Gasteiger partial charge in [0.2, 0.25) is 5.13 Å². The van der Waals surface area contributed by atoms with Gasteiger partial charge in [-0.15, -0.1) is 11.3 Å². The lowest BCUT2D eigenvalue weighted by atomic mass is 10.2. The first-order valence-corrected chi connectivity index (χ1v) is 5.72. The smallest absolute Gasteiger partial charge is 0.212 e. The Morgan fingerprint density at radius 3 is 2.56 bits per heavy atom. The maximum absolute atomic E-state index is 5.80. The van der Waals surface area contributed by atoms with Crippen LogP contribution >= 0.6 is 22.9 Å². The third kappa shape index (κ3) is 2.50. The van der Waals surface area contributed by atoms with Crippen molar-refractivity contribution in [2.45, 2.75) is 0 Å². The van der Waals surface area contributed by atoms with Gasteiger partial charge >= 0.3 is 0 Å². The molecular weight excluding hydrogens is 244 g/mol. The molecule has 0 spiro atoms. The fraction of sp³-hybridized carbons (Fsp3) is 0. The van der Waals surface area contributed by atoms with Crippen LogP contribution in [0.4, 0.5) is 5.13 Å².